The summed E-state index contributed by atoms with van der Waals surface area (Å²) in [6.07, 6.45) is 0. The van der Waals surface area contributed by atoms with Crippen molar-refractivity contribution in [1.29, 1.82) is 0 Å². The second-order valence-electron chi connectivity index (χ2n) is 7.10. The van der Waals surface area contributed by atoms with E-state index in [0.29, 0.717) is 22.9 Å². The number of carbonyl (C=O) groups is 1. The summed E-state index contributed by atoms with van der Waals surface area (Å²) in [6, 6.07) is 10.3. The van der Waals surface area contributed by atoms with E-state index in [9.17, 15) is 9.90 Å². The van der Waals surface area contributed by atoms with Gasteiger partial charge in [0, 0.05) is 17.1 Å². The van der Waals surface area contributed by atoms with Crippen molar-refractivity contribution >= 4 is 17.6 Å². The van der Waals surface area contributed by atoms with Crippen molar-refractivity contribution in [1.82, 2.24) is 4.90 Å². The lowest BCUT2D eigenvalue weighted by atomic mass is 10.0. The molecule has 0 bridgehead atoms. The highest BCUT2D eigenvalue weighted by Crippen LogP contribution is 2.33. The van der Waals surface area contributed by atoms with Crippen LogP contribution < -0.4 is 4.74 Å². The fourth-order valence-electron chi connectivity index (χ4n) is 2.36. The Kier molecular flexibility index (Phi) is 5.76. The zero-order valence-electron chi connectivity index (χ0n) is 15.3. The number of esters is 1. The maximum atomic E-state index is 12.4. The van der Waals surface area contributed by atoms with Gasteiger partial charge < -0.3 is 9.84 Å². The third kappa shape index (κ3) is 4.53. The topological polar surface area (TPSA) is 49.8 Å². The van der Waals surface area contributed by atoms with Gasteiger partial charge in [0.05, 0.1) is 0 Å². The number of aromatic hydroxyl groups is 1. The lowest BCUT2D eigenvalue weighted by Gasteiger charge is -2.32. The summed E-state index contributed by atoms with van der Waals surface area (Å²) < 4.78 is 5.32. The molecule has 0 radical (unpaired) electrons. The summed E-state index contributed by atoms with van der Waals surface area (Å²) in [5.74, 6) is -0.335. The molecule has 0 heterocycles. The second-order valence-corrected chi connectivity index (χ2v) is 7.48. The molecular formula is C20H24ClNO3. The van der Waals surface area contributed by atoms with Gasteiger partial charge in [0.1, 0.15) is 17.1 Å². The average molecular weight is 362 g/mol. The van der Waals surface area contributed by atoms with Crippen molar-refractivity contribution in [2.24, 2.45) is 0 Å². The molecule has 5 heteroatoms. The lowest BCUT2D eigenvalue weighted by Crippen LogP contribution is -2.37. The second kappa shape index (κ2) is 7.46. The maximum absolute atomic E-state index is 12.4. The molecule has 0 spiro atoms. The highest BCUT2D eigenvalue weighted by atomic mass is 35.5. The summed E-state index contributed by atoms with van der Waals surface area (Å²) in [5.41, 5.74) is 1.33. The summed E-state index contributed by atoms with van der Waals surface area (Å²) in [6.45, 7) is 8.56. The standard InChI is InChI=1S/C20H24ClNO3/c1-13-17(19(24)25-15-9-7-6-8-10-15)16(23)11-14(18(13)21)12-22(5)20(2,3)4/h6-11,23H,12H2,1-5H3. The van der Waals surface area contributed by atoms with Crippen molar-refractivity contribution in [3.05, 3.63) is 58.1 Å². The monoisotopic (exact) mass is 361 g/mol. The molecule has 134 valence electrons. The van der Waals surface area contributed by atoms with Crippen LogP contribution in [0.2, 0.25) is 5.02 Å². The zero-order valence-corrected chi connectivity index (χ0v) is 16.0. The van der Waals surface area contributed by atoms with Gasteiger partial charge in [-0.25, -0.2) is 4.79 Å². The molecule has 0 aliphatic carbocycles. The Morgan fingerprint density at radius 2 is 1.84 bits per heavy atom. The largest absolute Gasteiger partial charge is 0.507 e. The van der Waals surface area contributed by atoms with E-state index in [2.05, 4.69) is 25.7 Å². The molecule has 2 aromatic carbocycles. The molecule has 0 aliphatic rings. The summed E-state index contributed by atoms with van der Waals surface area (Å²) in [5, 5.41) is 10.8. The van der Waals surface area contributed by atoms with E-state index in [0.717, 1.165) is 5.56 Å². The molecule has 0 unspecified atom stereocenters. The Balaban J connectivity index is 2.32. The lowest BCUT2D eigenvalue weighted by molar-refractivity contribution is 0.0730. The average Bonchev–Trinajstić information content (AvgIpc) is 2.52. The molecule has 0 saturated heterocycles. The minimum absolute atomic E-state index is 0.0439. The van der Waals surface area contributed by atoms with Crippen LogP contribution in [-0.2, 0) is 6.54 Å². The van der Waals surface area contributed by atoms with E-state index < -0.39 is 5.97 Å². The van der Waals surface area contributed by atoms with E-state index >= 15 is 0 Å². The number of benzene rings is 2. The molecule has 2 aromatic rings. The van der Waals surface area contributed by atoms with Crippen LogP contribution in [-0.4, -0.2) is 28.6 Å². The first kappa shape index (κ1) is 19.3. The van der Waals surface area contributed by atoms with Gasteiger partial charge in [-0.3, -0.25) is 4.90 Å². The van der Waals surface area contributed by atoms with Crippen LogP contribution in [0.25, 0.3) is 0 Å². The summed E-state index contributed by atoms with van der Waals surface area (Å²) in [7, 11) is 1.99. The Morgan fingerprint density at radius 3 is 2.40 bits per heavy atom. The van der Waals surface area contributed by atoms with Crippen LogP contribution in [0.3, 0.4) is 0 Å². The SMILES string of the molecule is Cc1c(Cl)c(CN(C)C(C)(C)C)cc(O)c1C(=O)Oc1ccccc1. The first-order valence-corrected chi connectivity index (χ1v) is 8.48. The molecule has 0 aromatic heterocycles. The van der Waals surface area contributed by atoms with Crippen LogP contribution in [0, 0.1) is 6.92 Å². The predicted molar refractivity (Wildman–Crippen MR) is 100 cm³/mol. The highest BCUT2D eigenvalue weighted by Gasteiger charge is 2.24. The Bertz CT molecular complexity index is 767. The number of ether oxygens (including phenoxy) is 1. The van der Waals surface area contributed by atoms with Gasteiger partial charge in [0.2, 0.25) is 0 Å². The number of carbonyl (C=O) groups excluding carboxylic acids is 1. The van der Waals surface area contributed by atoms with Crippen LogP contribution in [0.5, 0.6) is 11.5 Å². The van der Waals surface area contributed by atoms with Crippen LogP contribution in [0.1, 0.15) is 42.3 Å². The zero-order chi connectivity index (χ0) is 18.8. The Labute approximate surface area is 154 Å². The number of hydrogen-bond acceptors (Lipinski definition) is 4. The fraction of sp³-hybridized carbons (Fsp3) is 0.350. The number of halogens is 1. The summed E-state index contributed by atoms with van der Waals surface area (Å²) in [4.78, 5) is 14.6. The van der Waals surface area contributed by atoms with E-state index in [-0.39, 0.29) is 16.9 Å². The van der Waals surface area contributed by atoms with E-state index in [4.69, 9.17) is 16.3 Å². The smallest absolute Gasteiger partial charge is 0.347 e. The molecule has 0 atom stereocenters. The normalized spacial score (nSPS) is 11.6. The van der Waals surface area contributed by atoms with Gasteiger partial charge in [-0.05, 0) is 64.1 Å². The Morgan fingerprint density at radius 1 is 1.24 bits per heavy atom. The van der Waals surface area contributed by atoms with Crippen LogP contribution in [0.15, 0.2) is 36.4 Å². The quantitative estimate of drug-likeness (QED) is 0.627. The third-order valence-corrected chi connectivity index (χ3v) is 4.79. The molecule has 2 rings (SSSR count). The van der Waals surface area contributed by atoms with Crippen molar-refractivity contribution in [2.45, 2.75) is 39.8 Å². The van der Waals surface area contributed by atoms with Gasteiger partial charge in [0.25, 0.3) is 0 Å². The van der Waals surface area contributed by atoms with Crippen LogP contribution >= 0.6 is 11.6 Å². The fourth-order valence-corrected chi connectivity index (χ4v) is 2.56. The third-order valence-electron chi connectivity index (χ3n) is 4.26. The van der Waals surface area contributed by atoms with E-state index in [1.165, 1.54) is 0 Å². The Hall–Kier alpha value is -2.04. The van der Waals surface area contributed by atoms with Gasteiger partial charge in [-0.2, -0.15) is 0 Å². The predicted octanol–water partition coefficient (Wildman–Crippen LogP) is 4.80. The molecule has 4 nitrogen and oxygen atoms in total. The van der Waals surface area contributed by atoms with Gasteiger partial charge >= 0.3 is 5.97 Å². The molecular weight excluding hydrogens is 338 g/mol. The molecule has 1 N–H and O–H groups in total. The molecule has 0 fully saturated rings. The van der Waals surface area contributed by atoms with E-state index in [1.54, 1.807) is 37.3 Å². The number of nitrogens with zero attached hydrogens (tertiary/aromatic N) is 1. The highest BCUT2D eigenvalue weighted by molar-refractivity contribution is 6.32. The number of para-hydroxylation sites is 1. The van der Waals surface area contributed by atoms with Gasteiger partial charge in [-0.15, -0.1) is 0 Å². The number of rotatable bonds is 4. The van der Waals surface area contributed by atoms with E-state index in [1.807, 2.05) is 13.1 Å². The first-order valence-electron chi connectivity index (χ1n) is 8.10. The van der Waals surface area contributed by atoms with Gasteiger partial charge in [-0.1, -0.05) is 29.8 Å². The number of hydrogen-bond donors (Lipinski definition) is 1. The molecule has 0 aliphatic heterocycles. The van der Waals surface area contributed by atoms with Crippen molar-refractivity contribution in [3.8, 4) is 11.5 Å². The number of phenolic OH excluding ortho intramolecular Hbond substituents is 1. The van der Waals surface area contributed by atoms with Crippen molar-refractivity contribution < 1.29 is 14.6 Å². The minimum atomic E-state index is -0.626. The van der Waals surface area contributed by atoms with Crippen molar-refractivity contribution in [2.75, 3.05) is 7.05 Å². The first-order chi connectivity index (χ1) is 11.6. The van der Waals surface area contributed by atoms with Crippen LogP contribution in [0.4, 0.5) is 0 Å². The number of phenols is 1. The molecule has 0 amide bonds. The van der Waals surface area contributed by atoms with Gasteiger partial charge in [0.15, 0.2) is 0 Å². The summed E-state index contributed by atoms with van der Waals surface area (Å²) >= 11 is 6.47. The molecule has 25 heavy (non-hydrogen) atoms. The molecule has 0 saturated carbocycles. The van der Waals surface area contributed by atoms with Crippen molar-refractivity contribution in [3.63, 3.8) is 0 Å². The maximum Gasteiger partial charge on any atom is 0.347 e. The minimum Gasteiger partial charge on any atom is -0.507 e.